The van der Waals surface area contributed by atoms with Crippen molar-refractivity contribution >= 4 is 44.9 Å². The smallest absolute Gasteiger partial charge is 0.271 e. The minimum absolute atomic E-state index is 0.261. The lowest BCUT2D eigenvalue weighted by Crippen LogP contribution is -2.40. The van der Waals surface area contributed by atoms with Gasteiger partial charge in [-0.1, -0.05) is 69.7 Å². The van der Waals surface area contributed by atoms with E-state index in [1.807, 2.05) is 42.5 Å². The summed E-state index contributed by atoms with van der Waals surface area (Å²) in [6.45, 7) is 1.75. The lowest BCUT2D eigenvalue weighted by molar-refractivity contribution is -0.113. The Labute approximate surface area is 212 Å². The Morgan fingerprint density at radius 3 is 2.43 bits per heavy atom. The van der Waals surface area contributed by atoms with Gasteiger partial charge in [0.05, 0.1) is 21.8 Å². The molecule has 5 rings (SSSR count). The standard InChI is InChI=1S/C27H19BrFN3O2S/c1-16-23(25(33)31-21-5-3-2-4-6-21)24(18-9-13-20(29)14-10-18)32-26(34)22(35-27(32)30-16)15-17-7-11-19(28)12-8-17/h2-15,24H,1H3,(H,31,33)/b22-15-/t24-/m1/s1. The molecule has 0 fully saturated rings. The summed E-state index contributed by atoms with van der Waals surface area (Å²) in [5.74, 6) is -0.763. The van der Waals surface area contributed by atoms with Crippen molar-refractivity contribution in [3.8, 4) is 0 Å². The molecule has 1 atom stereocenters. The molecular weight excluding hydrogens is 529 g/mol. The van der Waals surface area contributed by atoms with Crippen LogP contribution in [0.1, 0.15) is 24.1 Å². The number of fused-ring (bicyclic) bond motifs is 1. The molecular formula is C27H19BrFN3O2S. The molecule has 2 heterocycles. The van der Waals surface area contributed by atoms with E-state index in [4.69, 9.17) is 0 Å². The SMILES string of the molecule is CC1=C(C(=O)Nc2ccccc2)[C@@H](c2ccc(F)cc2)n2c(s/c(=C\c3ccc(Br)cc3)c2=O)=N1. The van der Waals surface area contributed by atoms with Gasteiger partial charge in [0.2, 0.25) is 0 Å². The normalized spacial score (nSPS) is 15.5. The average molecular weight is 548 g/mol. The van der Waals surface area contributed by atoms with Crippen molar-refractivity contribution in [3.05, 3.63) is 131 Å². The minimum Gasteiger partial charge on any atom is -0.322 e. The number of allylic oxidation sites excluding steroid dienone is 1. The fourth-order valence-corrected chi connectivity index (χ4v) is 5.31. The first-order valence-electron chi connectivity index (χ1n) is 10.8. The van der Waals surface area contributed by atoms with E-state index < -0.39 is 11.9 Å². The molecule has 0 bridgehead atoms. The van der Waals surface area contributed by atoms with Crippen molar-refractivity contribution in [2.24, 2.45) is 4.99 Å². The van der Waals surface area contributed by atoms with Gasteiger partial charge in [-0.25, -0.2) is 9.38 Å². The van der Waals surface area contributed by atoms with Gasteiger partial charge in [0.25, 0.3) is 11.5 Å². The number of halogens is 2. The van der Waals surface area contributed by atoms with Gasteiger partial charge in [-0.05, 0) is 60.5 Å². The Morgan fingerprint density at radius 2 is 1.74 bits per heavy atom. The van der Waals surface area contributed by atoms with Crippen LogP contribution < -0.4 is 20.2 Å². The van der Waals surface area contributed by atoms with Crippen molar-refractivity contribution in [3.63, 3.8) is 0 Å². The van der Waals surface area contributed by atoms with Crippen LogP contribution in [0.25, 0.3) is 6.08 Å². The fraction of sp³-hybridized carbons (Fsp3) is 0.0741. The lowest BCUT2D eigenvalue weighted by atomic mass is 9.95. The number of anilines is 1. The second kappa shape index (κ2) is 9.56. The summed E-state index contributed by atoms with van der Waals surface area (Å²) < 4.78 is 16.7. The molecule has 0 aliphatic carbocycles. The number of para-hydroxylation sites is 1. The van der Waals surface area contributed by atoms with E-state index in [0.717, 1.165) is 10.0 Å². The number of hydrogen-bond donors (Lipinski definition) is 1. The first kappa shape index (κ1) is 23.1. The van der Waals surface area contributed by atoms with E-state index >= 15 is 0 Å². The van der Waals surface area contributed by atoms with Crippen molar-refractivity contribution in [2.75, 3.05) is 5.32 Å². The summed E-state index contributed by atoms with van der Waals surface area (Å²) >= 11 is 4.68. The zero-order chi connectivity index (χ0) is 24.5. The van der Waals surface area contributed by atoms with Crippen LogP contribution >= 0.6 is 27.3 Å². The van der Waals surface area contributed by atoms with Crippen LogP contribution in [0.5, 0.6) is 0 Å². The summed E-state index contributed by atoms with van der Waals surface area (Å²) in [6.07, 6.45) is 1.81. The summed E-state index contributed by atoms with van der Waals surface area (Å²) in [6, 6.07) is 21.8. The lowest BCUT2D eigenvalue weighted by Gasteiger charge is -2.25. The Kier molecular flexibility index (Phi) is 6.32. The molecule has 3 aromatic carbocycles. The van der Waals surface area contributed by atoms with Gasteiger partial charge in [-0.3, -0.25) is 14.2 Å². The minimum atomic E-state index is -0.748. The quantitative estimate of drug-likeness (QED) is 0.399. The zero-order valence-electron chi connectivity index (χ0n) is 18.5. The summed E-state index contributed by atoms with van der Waals surface area (Å²) in [4.78, 5) is 32.2. The van der Waals surface area contributed by atoms with E-state index in [9.17, 15) is 14.0 Å². The number of carbonyl (C=O) groups is 1. The number of rotatable bonds is 4. The summed E-state index contributed by atoms with van der Waals surface area (Å²) in [5, 5.41) is 2.90. The molecule has 0 radical (unpaired) electrons. The topological polar surface area (TPSA) is 63.5 Å². The second-order valence-electron chi connectivity index (χ2n) is 8.01. The van der Waals surface area contributed by atoms with Crippen molar-refractivity contribution in [1.82, 2.24) is 4.57 Å². The van der Waals surface area contributed by atoms with Crippen LogP contribution in [-0.4, -0.2) is 10.5 Å². The molecule has 0 saturated heterocycles. The molecule has 8 heteroatoms. The van der Waals surface area contributed by atoms with Gasteiger partial charge in [-0.2, -0.15) is 0 Å². The zero-order valence-corrected chi connectivity index (χ0v) is 20.9. The van der Waals surface area contributed by atoms with Gasteiger partial charge >= 0.3 is 0 Å². The molecule has 1 aliphatic rings. The highest BCUT2D eigenvalue weighted by Crippen LogP contribution is 2.31. The number of thiazole rings is 1. The third kappa shape index (κ3) is 4.67. The summed E-state index contributed by atoms with van der Waals surface area (Å²) in [7, 11) is 0. The van der Waals surface area contributed by atoms with Crippen molar-refractivity contribution < 1.29 is 9.18 Å². The van der Waals surface area contributed by atoms with Gasteiger partial charge in [0, 0.05) is 10.2 Å². The molecule has 0 unspecified atom stereocenters. The average Bonchev–Trinajstić information content (AvgIpc) is 3.15. The first-order chi connectivity index (χ1) is 16.9. The van der Waals surface area contributed by atoms with Crippen LogP contribution in [0.3, 0.4) is 0 Å². The Morgan fingerprint density at radius 1 is 1.06 bits per heavy atom. The monoisotopic (exact) mass is 547 g/mol. The van der Waals surface area contributed by atoms with Crippen LogP contribution in [-0.2, 0) is 4.79 Å². The fourth-order valence-electron chi connectivity index (χ4n) is 4.00. The highest BCUT2D eigenvalue weighted by Gasteiger charge is 2.32. The Bertz CT molecular complexity index is 1620. The van der Waals surface area contributed by atoms with E-state index in [2.05, 4.69) is 26.2 Å². The number of carbonyl (C=O) groups excluding carboxylic acids is 1. The Hall–Kier alpha value is -3.62. The number of nitrogens with zero attached hydrogens (tertiary/aromatic N) is 2. The predicted octanol–water partition coefficient (Wildman–Crippen LogP) is 4.78. The molecule has 1 amide bonds. The third-order valence-corrected chi connectivity index (χ3v) is 7.16. The van der Waals surface area contributed by atoms with Crippen molar-refractivity contribution in [2.45, 2.75) is 13.0 Å². The van der Waals surface area contributed by atoms with Crippen LogP contribution in [0.2, 0.25) is 0 Å². The molecule has 0 saturated carbocycles. The number of nitrogens with one attached hydrogen (secondary N) is 1. The maximum atomic E-state index is 13.7. The number of benzene rings is 3. The largest absolute Gasteiger partial charge is 0.322 e. The molecule has 4 aromatic rings. The second-order valence-corrected chi connectivity index (χ2v) is 9.93. The first-order valence-corrected chi connectivity index (χ1v) is 12.4. The van der Waals surface area contributed by atoms with E-state index in [0.29, 0.717) is 31.9 Å². The predicted molar refractivity (Wildman–Crippen MR) is 139 cm³/mol. The molecule has 1 aromatic heterocycles. The highest BCUT2D eigenvalue weighted by atomic mass is 79.9. The number of amides is 1. The maximum Gasteiger partial charge on any atom is 0.271 e. The van der Waals surface area contributed by atoms with E-state index in [1.165, 1.54) is 28.0 Å². The third-order valence-electron chi connectivity index (χ3n) is 5.65. The Balaban J connectivity index is 1.67. The number of aromatic nitrogens is 1. The van der Waals surface area contributed by atoms with Crippen molar-refractivity contribution in [1.29, 1.82) is 0 Å². The van der Waals surface area contributed by atoms with Gasteiger partial charge in [0.1, 0.15) is 5.82 Å². The molecule has 35 heavy (non-hydrogen) atoms. The van der Waals surface area contributed by atoms with Crippen LogP contribution in [0.15, 0.2) is 104 Å². The van der Waals surface area contributed by atoms with Gasteiger partial charge < -0.3 is 5.32 Å². The molecule has 174 valence electrons. The number of hydrogen-bond acceptors (Lipinski definition) is 4. The van der Waals surface area contributed by atoms with Gasteiger partial charge in [0.15, 0.2) is 4.80 Å². The van der Waals surface area contributed by atoms with Crippen LogP contribution in [0.4, 0.5) is 10.1 Å². The van der Waals surface area contributed by atoms with Gasteiger partial charge in [-0.15, -0.1) is 0 Å². The molecule has 1 N–H and O–H groups in total. The molecule has 1 aliphatic heterocycles. The van der Waals surface area contributed by atoms with Crippen LogP contribution in [0, 0.1) is 5.82 Å². The molecule has 0 spiro atoms. The molecule has 5 nitrogen and oxygen atoms in total. The summed E-state index contributed by atoms with van der Waals surface area (Å²) in [5.41, 5.74) is 2.70. The highest BCUT2D eigenvalue weighted by molar-refractivity contribution is 9.10. The maximum absolute atomic E-state index is 13.7. The van der Waals surface area contributed by atoms with E-state index in [1.54, 1.807) is 37.3 Å². The van der Waals surface area contributed by atoms with E-state index in [-0.39, 0.29) is 11.5 Å².